The summed E-state index contributed by atoms with van der Waals surface area (Å²) in [7, 11) is 1.65. The Hall–Kier alpha value is -2.97. The minimum atomic E-state index is -0.238. The Labute approximate surface area is 186 Å². The molecule has 3 heterocycles. The molecule has 2 aromatic heterocycles. The van der Waals surface area contributed by atoms with E-state index in [0.29, 0.717) is 32.5 Å². The van der Waals surface area contributed by atoms with Gasteiger partial charge in [0.05, 0.1) is 31.6 Å². The van der Waals surface area contributed by atoms with Gasteiger partial charge in [-0.05, 0) is 43.2 Å². The van der Waals surface area contributed by atoms with Gasteiger partial charge in [-0.1, -0.05) is 18.2 Å². The zero-order valence-corrected chi connectivity index (χ0v) is 18.5. The molecule has 8 heteroatoms. The number of amides is 1. The summed E-state index contributed by atoms with van der Waals surface area (Å²) >= 11 is 1.54. The molecule has 1 amide bonds. The van der Waals surface area contributed by atoms with Crippen LogP contribution in [-0.2, 0) is 16.0 Å². The van der Waals surface area contributed by atoms with E-state index < -0.39 is 0 Å². The quantitative estimate of drug-likeness (QED) is 0.598. The van der Waals surface area contributed by atoms with Crippen LogP contribution in [0.15, 0.2) is 47.8 Å². The zero-order valence-electron chi connectivity index (χ0n) is 17.7. The first-order valence-electron chi connectivity index (χ1n) is 10.3. The lowest BCUT2D eigenvalue weighted by Gasteiger charge is -2.33. The maximum Gasteiger partial charge on any atom is 0.223 e. The number of aromatic nitrogens is 2. The molecule has 4 rings (SSSR count). The second kappa shape index (κ2) is 9.89. The topological polar surface area (TPSA) is 76.6 Å². The molecule has 7 nitrogen and oxygen atoms in total. The number of hydrogen-bond donors (Lipinski definition) is 1. The van der Waals surface area contributed by atoms with Gasteiger partial charge in [-0.25, -0.2) is 9.97 Å². The van der Waals surface area contributed by atoms with E-state index in [2.05, 4.69) is 15.3 Å². The third-order valence-corrected chi connectivity index (χ3v) is 6.04. The lowest BCUT2D eigenvalue weighted by atomic mass is 10.1. The van der Waals surface area contributed by atoms with Crippen molar-refractivity contribution in [3.8, 4) is 5.75 Å². The van der Waals surface area contributed by atoms with Crippen molar-refractivity contribution in [2.24, 2.45) is 0 Å². The number of hydrogen-bond acceptors (Lipinski definition) is 7. The highest BCUT2D eigenvalue weighted by atomic mass is 32.1. The lowest BCUT2D eigenvalue weighted by molar-refractivity contribution is -0.139. The molecule has 31 heavy (non-hydrogen) atoms. The Bertz CT molecular complexity index is 1020. The van der Waals surface area contributed by atoms with Crippen LogP contribution >= 0.6 is 11.3 Å². The van der Waals surface area contributed by atoms with E-state index in [1.807, 2.05) is 59.7 Å². The van der Waals surface area contributed by atoms with Gasteiger partial charge in [0.1, 0.15) is 17.7 Å². The van der Waals surface area contributed by atoms with E-state index in [1.165, 1.54) is 0 Å². The first-order valence-corrected chi connectivity index (χ1v) is 11.2. The predicted molar refractivity (Wildman–Crippen MR) is 121 cm³/mol. The molecule has 1 atom stereocenters. The fourth-order valence-electron chi connectivity index (χ4n) is 3.48. The molecule has 0 radical (unpaired) electrons. The Morgan fingerprint density at radius 1 is 1.26 bits per heavy atom. The number of benzene rings is 1. The standard InChI is InChI=1S/C23H26N4O3S/c1-16-15-31-23(24-16)26-21-5-3-4-19(25-21)20-14-27(12-13-30-20)22(28)11-8-17-6-9-18(29-2)10-7-17/h3-7,9-10,15,20H,8,11-14H2,1-2H3,(H,24,25,26). The minimum absolute atomic E-state index is 0.136. The average Bonchev–Trinajstić information content (AvgIpc) is 3.22. The van der Waals surface area contributed by atoms with Crippen molar-refractivity contribution in [1.82, 2.24) is 14.9 Å². The number of methoxy groups -OCH3 is 1. The number of morpholine rings is 1. The molecule has 3 aromatic rings. The summed E-state index contributed by atoms with van der Waals surface area (Å²) in [5, 5.41) is 6.04. The SMILES string of the molecule is COc1ccc(CCC(=O)N2CCOC(c3cccc(Nc4nc(C)cs4)n3)C2)cc1. The Kier molecular flexibility index (Phi) is 6.79. The number of carbonyl (C=O) groups excluding carboxylic acids is 1. The molecule has 1 saturated heterocycles. The van der Waals surface area contributed by atoms with Crippen molar-refractivity contribution in [1.29, 1.82) is 0 Å². The summed E-state index contributed by atoms with van der Waals surface area (Å²) < 4.78 is 11.1. The van der Waals surface area contributed by atoms with Crippen molar-refractivity contribution in [2.45, 2.75) is 25.9 Å². The average molecular weight is 439 g/mol. The van der Waals surface area contributed by atoms with E-state index in [-0.39, 0.29) is 12.0 Å². The van der Waals surface area contributed by atoms with Crippen LogP contribution in [0.2, 0.25) is 0 Å². The Morgan fingerprint density at radius 2 is 2.10 bits per heavy atom. The first kappa shape index (κ1) is 21.3. The number of carbonyl (C=O) groups is 1. The summed E-state index contributed by atoms with van der Waals surface area (Å²) in [5.74, 6) is 1.68. The monoisotopic (exact) mass is 438 g/mol. The fourth-order valence-corrected chi connectivity index (χ4v) is 4.17. The molecule has 0 saturated carbocycles. The maximum absolute atomic E-state index is 12.8. The van der Waals surface area contributed by atoms with E-state index >= 15 is 0 Å². The van der Waals surface area contributed by atoms with Crippen LogP contribution in [0.25, 0.3) is 0 Å². The van der Waals surface area contributed by atoms with E-state index in [4.69, 9.17) is 9.47 Å². The second-order valence-corrected chi connectivity index (χ2v) is 8.27. The van der Waals surface area contributed by atoms with E-state index in [0.717, 1.165) is 33.7 Å². The van der Waals surface area contributed by atoms with Gasteiger partial charge in [0.2, 0.25) is 5.91 Å². The summed E-state index contributed by atoms with van der Waals surface area (Å²) in [6, 6.07) is 13.6. The minimum Gasteiger partial charge on any atom is -0.497 e. The number of rotatable bonds is 7. The molecule has 1 fully saturated rings. The Morgan fingerprint density at radius 3 is 2.84 bits per heavy atom. The van der Waals surface area contributed by atoms with Crippen LogP contribution in [0.1, 0.15) is 29.5 Å². The summed E-state index contributed by atoms with van der Waals surface area (Å²) in [5.41, 5.74) is 2.91. The highest BCUT2D eigenvalue weighted by Crippen LogP contribution is 2.25. The van der Waals surface area contributed by atoms with Crippen molar-refractivity contribution in [3.63, 3.8) is 0 Å². The molecule has 0 spiro atoms. The van der Waals surface area contributed by atoms with Crippen molar-refractivity contribution in [3.05, 3.63) is 64.8 Å². The largest absolute Gasteiger partial charge is 0.497 e. The molecule has 1 aromatic carbocycles. The van der Waals surface area contributed by atoms with Crippen molar-refractivity contribution in [2.75, 3.05) is 32.1 Å². The highest BCUT2D eigenvalue weighted by molar-refractivity contribution is 7.13. The van der Waals surface area contributed by atoms with Crippen molar-refractivity contribution >= 4 is 28.2 Å². The molecule has 0 aliphatic carbocycles. The molecular weight excluding hydrogens is 412 g/mol. The summed E-state index contributed by atoms with van der Waals surface area (Å²) in [6.07, 6.45) is 0.936. The summed E-state index contributed by atoms with van der Waals surface area (Å²) in [6.45, 7) is 3.58. The smallest absolute Gasteiger partial charge is 0.223 e. The number of anilines is 2. The van der Waals surface area contributed by atoms with E-state index in [1.54, 1.807) is 18.4 Å². The summed E-state index contributed by atoms with van der Waals surface area (Å²) in [4.78, 5) is 23.8. The molecular formula is C23H26N4O3S. The molecule has 1 unspecified atom stereocenters. The number of nitrogens with zero attached hydrogens (tertiary/aromatic N) is 3. The van der Waals surface area contributed by atoms with Gasteiger partial charge in [-0.3, -0.25) is 4.79 Å². The van der Waals surface area contributed by atoms with Gasteiger partial charge in [0.15, 0.2) is 5.13 Å². The van der Waals surface area contributed by atoms with Crippen molar-refractivity contribution < 1.29 is 14.3 Å². The van der Waals surface area contributed by atoms with Gasteiger partial charge >= 0.3 is 0 Å². The van der Waals surface area contributed by atoms with Gasteiger partial charge in [-0.15, -0.1) is 11.3 Å². The number of nitrogens with one attached hydrogen (secondary N) is 1. The molecule has 1 aliphatic rings. The second-order valence-electron chi connectivity index (χ2n) is 7.41. The third-order valence-electron chi connectivity index (χ3n) is 5.16. The van der Waals surface area contributed by atoms with Crippen LogP contribution < -0.4 is 10.1 Å². The normalized spacial score (nSPS) is 16.2. The number of pyridine rings is 1. The predicted octanol–water partition coefficient (Wildman–Crippen LogP) is 4.13. The number of aryl methyl sites for hydroxylation is 2. The van der Waals surface area contributed by atoms with E-state index in [9.17, 15) is 4.79 Å². The lowest BCUT2D eigenvalue weighted by Crippen LogP contribution is -2.42. The fraction of sp³-hybridized carbons (Fsp3) is 0.348. The molecule has 1 aliphatic heterocycles. The van der Waals surface area contributed by atoms with Gasteiger partial charge in [0, 0.05) is 18.3 Å². The zero-order chi connectivity index (χ0) is 21.6. The van der Waals surface area contributed by atoms with Crippen LogP contribution in [0, 0.1) is 6.92 Å². The molecule has 162 valence electrons. The Balaban J connectivity index is 1.35. The van der Waals surface area contributed by atoms with Crippen LogP contribution in [0.4, 0.5) is 10.9 Å². The maximum atomic E-state index is 12.8. The van der Waals surface area contributed by atoms with Gasteiger partial charge in [0.25, 0.3) is 0 Å². The highest BCUT2D eigenvalue weighted by Gasteiger charge is 2.26. The number of ether oxygens (including phenoxy) is 2. The van der Waals surface area contributed by atoms with Gasteiger partial charge in [-0.2, -0.15) is 0 Å². The molecule has 1 N–H and O–H groups in total. The van der Waals surface area contributed by atoms with Gasteiger partial charge < -0.3 is 19.7 Å². The number of thiazole rings is 1. The van der Waals surface area contributed by atoms with Crippen LogP contribution in [0.3, 0.4) is 0 Å². The van der Waals surface area contributed by atoms with Crippen LogP contribution in [0.5, 0.6) is 5.75 Å². The van der Waals surface area contributed by atoms with Crippen LogP contribution in [-0.4, -0.2) is 47.6 Å². The molecule has 0 bridgehead atoms. The first-order chi connectivity index (χ1) is 15.1. The third kappa shape index (κ3) is 5.59.